The molecule has 0 atom stereocenters. The van der Waals surface area contributed by atoms with E-state index >= 15 is 0 Å². The third kappa shape index (κ3) is 4.58. The predicted molar refractivity (Wildman–Crippen MR) is 103 cm³/mol. The molecule has 0 saturated heterocycles. The number of halogens is 1. The zero-order valence-electron chi connectivity index (χ0n) is 15.2. The molecule has 0 saturated carbocycles. The van der Waals surface area contributed by atoms with E-state index in [1.165, 1.54) is 12.1 Å². The number of rotatable bonds is 5. The first kappa shape index (κ1) is 20.7. The van der Waals surface area contributed by atoms with Crippen molar-refractivity contribution in [2.24, 2.45) is 0 Å². The Hall–Kier alpha value is -1.57. The van der Waals surface area contributed by atoms with Crippen molar-refractivity contribution in [3.63, 3.8) is 0 Å². The van der Waals surface area contributed by atoms with E-state index in [0.29, 0.717) is 10.8 Å². The van der Waals surface area contributed by atoms with Crippen LogP contribution in [0.4, 0.5) is 0 Å². The highest BCUT2D eigenvalue weighted by atomic mass is 35.5. The van der Waals surface area contributed by atoms with E-state index in [9.17, 15) is 16.8 Å². The van der Waals surface area contributed by atoms with Gasteiger partial charge in [-0.15, -0.1) is 0 Å². The van der Waals surface area contributed by atoms with Crippen LogP contribution in [-0.4, -0.2) is 29.3 Å². The summed E-state index contributed by atoms with van der Waals surface area (Å²) in [5.41, 5.74) is 1.62. The van der Waals surface area contributed by atoms with Crippen molar-refractivity contribution >= 4 is 31.3 Å². The van der Waals surface area contributed by atoms with Crippen LogP contribution >= 0.6 is 11.6 Å². The van der Waals surface area contributed by atoms with Crippen molar-refractivity contribution in [2.45, 2.75) is 36.5 Å². The van der Waals surface area contributed by atoms with Gasteiger partial charge in [-0.3, -0.25) is 0 Å². The number of sulfone groups is 2. The Bertz CT molecular complexity index is 1060. The molecule has 0 N–H and O–H groups in total. The van der Waals surface area contributed by atoms with E-state index in [-0.39, 0.29) is 21.5 Å². The molecule has 0 fully saturated rings. The summed E-state index contributed by atoms with van der Waals surface area (Å²) in [4.78, 5) is -0.262. The fourth-order valence-corrected chi connectivity index (χ4v) is 4.41. The third-order valence-corrected chi connectivity index (χ3v) is 6.43. The summed E-state index contributed by atoms with van der Waals surface area (Å²) in [6, 6.07) is 7.34. The minimum Gasteiger partial charge on any atom is -0.456 e. The lowest BCUT2D eigenvalue weighted by molar-refractivity contribution is 0.462. The smallest absolute Gasteiger partial charge is 0.179 e. The first-order chi connectivity index (χ1) is 11.8. The molecule has 0 aliphatic carbocycles. The average molecular weight is 417 g/mol. The SMILES string of the molecule is Cc1cc(Cl)c(C(C)C)cc1Oc1ccc(S(C)(=O)=O)cc1S(C)(=O)=O. The fraction of sp³-hybridized carbons (Fsp3) is 0.333. The lowest BCUT2D eigenvalue weighted by Gasteiger charge is -2.16. The van der Waals surface area contributed by atoms with Crippen LogP contribution in [0, 0.1) is 6.92 Å². The van der Waals surface area contributed by atoms with E-state index in [4.69, 9.17) is 16.3 Å². The number of benzene rings is 2. The zero-order valence-corrected chi connectivity index (χ0v) is 17.6. The van der Waals surface area contributed by atoms with Gasteiger partial charge in [0.1, 0.15) is 16.4 Å². The lowest BCUT2D eigenvalue weighted by Crippen LogP contribution is -2.05. The molecule has 8 heteroatoms. The van der Waals surface area contributed by atoms with Crippen LogP contribution in [-0.2, 0) is 19.7 Å². The van der Waals surface area contributed by atoms with Crippen molar-refractivity contribution < 1.29 is 21.6 Å². The first-order valence-corrected chi connectivity index (χ1v) is 12.0. The molecule has 0 bridgehead atoms. The van der Waals surface area contributed by atoms with Crippen LogP contribution in [0.15, 0.2) is 40.1 Å². The molecular weight excluding hydrogens is 396 g/mol. The highest BCUT2D eigenvalue weighted by Gasteiger charge is 2.20. The highest BCUT2D eigenvalue weighted by molar-refractivity contribution is 7.91. The van der Waals surface area contributed by atoms with Crippen LogP contribution in [0.2, 0.25) is 5.02 Å². The topological polar surface area (TPSA) is 77.5 Å². The second kappa shape index (κ2) is 7.21. The number of aryl methyl sites for hydroxylation is 1. The molecule has 5 nitrogen and oxygen atoms in total. The van der Waals surface area contributed by atoms with Crippen molar-refractivity contribution in [1.82, 2.24) is 0 Å². The maximum absolute atomic E-state index is 12.1. The minimum atomic E-state index is -3.70. The number of ether oxygens (including phenoxy) is 1. The Morgan fingerprint density at radius 3 is 2.04 bits per heavy atom. The van der Waals surface area contributed by atoms with E-state index in [1.807, 2.05) is 13.8 Å². The van der Waals surface area contributed by atoms with Crippen molar-refractivity contribution in [3.8, 4) is 11.5 Å². The van der Waals surface area contributed by atoms with Crippen LogP contribution in [0.1, 0.15) is 30.9 Å². The summed E-state index contributed by atoms with van der Waals surface area (Å²) in [6.45, 7) is 5.78. The molecule has 142 valence electrons. The van der Waals surface area contributed by atoms with Gasteiger partial charge in [0.05, 0.1) is 4.90 Å². The molecule has 26 heavy (non-hydrogen) atoms. The second-order valence-electron chi connectivity index (χ2n) is 6.55. The molecule has 0 radical (unpaired) electrons. The van der Waals surface area contributed by atoms with Crippen LogP contribution in [0.25, 0.3) is 0 Å². The van der Waals surface area contributed by atoms with Gasteiger partial charge < -0.3 is 4.74 Å². The predicted octanol–water partition coefficient (Wildman–Crippen LogP) is 4.37. The Morgan fingerprint density at radius 1 is 0.923 bits per heavy atom. The monoisotopic (exact) mass is 416 g/mol. The molecule has 0 aliphatic heterocycles. The standard InChI is InChI=1S/C18H21ClO5S2/c1-11(2)14-10-17(12(3)8-15(14)19)24-16-7-6-13(25(4,20)21)9-18(16)26(5,22)23/h6-11H,1-5H3. The molecular formula is C18H21ClO5S2. The van der Waals surface area contributed by atoms with Gasteiger partial charge in [0.2, 0.25) is 0 Å². The molecule has 2 aromatic carbocycles. The second-order valence-corrected chi connectivity index (χ2v) is 11.0. The summed E-state index contributed by atoms with van der Waals surface area (Å²) in [5.74, 6) is 0.697. The molecule has 0 heterocycles. The fourth-order valence-electron chi connectivity index (χ4n) is 2.43. The van der Waals surface area contributed by atoms with Gasteiger partial charge in [0.25, 0.3) is 0 Å². The third-order valence-electron chi connectivity index (χ3n) is 3.88. The first-order valence-electron chi connectivity index (χ1n) is 7.82. The molecule has 0 amide bonds. The van der Waals surface area contributed by atoms with Gasteiger partial charge in [0, 0.05) is 17.5 Å². The molecule has 0 spiro atoms. The Morgan fingerprint density at radius 2 is 1.54 bits per heavy atom. The summed E-state index contributed by atoms with van der Waals surface area (Å²) in [6.07, 6.45) is 2.03. The normalized spacial score (nSPS) is 12.4. The van der Waals surface area contributed by atoms with E-state index in [0.717, 1.165) is 29.7 Å². The molecule has 0 aromatic heterocycles. The van der Waals surface area contributed by atoms with E-state index < -0.39 is 19.7 Å². The van der Waals surface area contributed by atoms with Crippen molar-refractivity contribution in [1.29, 1.82) is 0 Å². The summed E-state index contributed by atoms with van der Waals surface area (Å²) < 4.78 is 53.6. The summed E-state index contributed by atoms with van der Waals surface area (Å²) in [7, 11) is -7.24. The number of hydrogen-bond donors (Lipinski definition) is 0. The van der Waals surface area contributed by atoms with Crippen molar-refractivity contribution in [3.05, 3.63) is 46.5 Å². The molecule has 0 aliphatic rings. The van der Waals surface area contributed by atoms with Gasteiger partial charge in [-0.2, -0.15) is 0 Å². The average Bonchev–Trinajstić information content (AvgIpc) is 2.47. The molecule has 0 unspecified atom stereocenters. The van der Waals surface area contributed by atoms with Gasteiger partial charge in [-0.25, -0.2) is 16.8 Å². The van der Waals surface area contributed by atoms with Gasteiger partial charge in [-0.1, -0.05) is 25.4 Å². The Balaban J connectivity index is 2.62. The van der Waals surface area contributed by atoms with E-state index in [2.05, 4.69) is 0 Å². The van der Waals surface area contributed by atoms with Crippen LogP contribution in [0.3, 0.4) is 0 Å². The summed E-state index contributed by atoms with van der Waals surface area (Å²) >= 11 is 6.26. The molecule has 2 rings (SSSR count). The quantitative estimate of drug-likeness (QED) is 0.723. The van der Waals surface area contributed by atoms with Gasteiger partial charge in [-0.05, 0) is 54.3 Å². The van der Waals surface area contributed by atoms with Gasteiger partial charge in [0.15, 0.2) is 19.7 Å². The summed E-state index contributed by atoms with van der Waals surface area (Å²) in [5, 5.41) is 0.612. The van der Waals surface area contributed by atoms with Crippen LogP contribution in [0.5, 0.6) is 11.5 Å². The maximum Gasteiger partial charge on any atom is 0.179 e. The zero-order chi connectivity index (χ0) is 19.9. The lowest BCUT2D eigenvalue weighted by atomic mass is 10.0. The maximum atomic E-state index is 12.1. The van der Waals surface area contributed by atoms with Crippen molar-refractivity contribution in [2.75, 3.05) is 12.5 Å². The van der Waals surface area contributed by atoms with Crippen LogP contribution < -0.4 is 4.74 Å². The Kier molecular flexibility index (Phi) is 5.75. The van der Waals surface area contributed by atoms with Gasteiger partial charge >= 0.3 is 0 Å². The molecule has 2 aromatic rings. The largest absolute Gasteiger partial charge is 0.456 e. The Labute approximate surface area is 159 Å². The van der Waals surface area contributed by atoms with E-state index in [1.54, 1.807) is 19.1 Å². The highest BCUT2D eigenvalue weighted by Crippen LogP contribution is 2.36. The number of hydrogen-bond acceptors (Lipinski definition) is 5. The minimum absolute atomic E-state index is 0.0695.